The molecule has 2 heterocycles. The molecule has 4 nitrogen and oxygen atoms in total. The number of nitrogens with one attached hydrogen (secondary N) is 2. The van der Waals surface area contributed by atoms with Gasteiger partial charge in [-0.25, -0.2) is 0 Å². The van der Waals surface area contributed by atoms with E-state index in [9.17, 15) is 4.79 Å². The van der Waals surface area contributed by atoms with Crippen LogP contribution in [-0.2, 0) is 0 Å². The molecule has 0 saturated carbocycles. The molecule has 112 valence electrons. The van der Waals surface area contributed by atoms with E-state index in [2.05, 4.69) is 29.0 Å². The SMILES string of the molecule is CCSCC(C)NC(=O)c1cccn1C1CCNCC1. The first-order chi connectivity index (χ1) is 9.72. The van der Waals surface area contributed by atoms with E-state index in [1.807, 2.05) is 30.1 Å². The zero-order chi connectivity index (χ0) is 14.4. The molecule has 1 aromatic heterocycles. The van der Waals surface area contributed by atoms with Crippen molar-refractivity contribution in [1.82, 2.24) is 15.2 Å². The Hall–Kier alpha value is -0.940. The van der Waals surface area contributed by atoms with Gasteiger partial charge in [0, 0.05) is 24.0 Å². The molecule has 0 aliphatic carbocycles. The second-order valence-electron chi connectivity index (χ2n) is 5.32. The number of aromatic nitrogens is 1. The first kappa shape index (κ1) is 15.4. The number of carbonyl (C=O) groups excluding carboxylic acids is 1. The summed E-state index contributed by atoms with van der Waals surface area (Å²) in [6, 6.07) is 4.57. The molecule has 1 amide bonds. The summed E-state index contributed by atoms with van der Waals surface area (Å²) in [7, 11) is 0. The Morgan fingerprint density at radius 3 is 3.00 bits per heavy atom. The summed E-state index contributed by atoms with van der Waals surface area (Å²) in [6.07, 6.45) is 4.22. The summed E-state index contributed by atoms with van der Waals surface area (Å²) < 4.78 is 2.15. The van der Waals surface area contributed by atoms with Crippen molar-refractivity contribution in [2.24, 2.45) is 0 Å². The molecule has 1 aromatic rings. The van der Waals surface area contributed by atoms with Crippen molar-refractivity contribution >= 4 is 17.7 Å². The summed E-state index contributed by atoms with van der Waals surface area (Å²) in [5.74, 6) is 2.11. The van der Waals surface area contributed by atoms with Crippen molar-refractivity contribution < 1.29 is 4.79 Å². The monoisotopic (exact) mass is 295 g/mol. The van der Waals surface area contributed by atoms with E-state index >= 15 is 0 Å². The maximum Gasteiger partial charge on any atom is 0.268 e. The molecule has 0 spiro atoms. The number of piperidine rings is 1. The first-order valence-electron chi connectivity index (χ1n) is 7.48. The maximum absolute atomic E-state index is 12.4. The lowest BCUT2D eigenvalue weighted by Crippen LogP contribution is -2.37. The number of hydrogen-bond acceptors (Lipinski definition) is 3. The van der Waals surface area contributed by atoms with Crippen LogP contribution >= 0.6 is 11.8 Å². The van der Waals surface area contributed by atoms with Crippen molar-refractivity contribution in [3.8, 4) is 0 Å². The van der Waals surface area contributed by atoms with Crippen LogP contribution < -0.4 is 10.6 Å². The number of carbonyl (C=O) groups is 1. The number of rotatable bonds is 6. The Balaban J connectivity index is 1.97. The smallest absolute Gasteiger partial charge is 0.268 e. The minimum Gasteiger partial charge on any atom is -0.347 e. The van der Waals surface area contributed by atoms with Gasteiger partial charge in [0.2, 0.25) is 0 Å². The third-order valence-electron chi connectivity index (χ3n) is 3.66. The Morgan fingerprint density at radius 2 is 2.30 bits per heavy atom. The van der Waals surface area contributed by atoms with E-state index in [0.717, 1.165) is 43.1 Å². The van der Waals surface area contributed by atoms with Crippen LogP contribution in [0.1, 0.15) is 43.2 Å². The van der Waals surface area contributed by atoms with Gasteiger partial charge in [0.05, 0.1) is 0 Å². The molecule has 1 aliphatic heterocycles. The number of amides is 1. The van der Waals surface area contributed by atoms with Crippen LogP contribution in [0.4, 0.5) is 0 Å². The maximum atomic E-state index is 12.4. The fourth-order valence-electron chi connectivity index (χ4n) is 2.62. The first-order valence-corrected chi connectivity index (χ1v) is 8.64. The Morgan fingerprint density at radius 1 is 1.55 bits per heavy atom. The van der Waals surface area contributed by atoms with Crippen LogP contribution in [0, 0.1) is 0 Å². The third kappa shape index (κ3) is 4.03. The molecule has 5 heteroatoms. The van der Waals surface area contributed by atoms with Gasteiger partial charge in [0.1, 0.15) is 5.69 Å². The van der Waals surface area contributed by atoms with E-state index in [0.29, 0.717) is 6.04 Å². The Bertz CT molecular complexity index is 427. The second-order valence-corrected chi connectivity index (χ2v) is 6.63. The Kier molecular flexibility index (Phi) is 5.98. The molecule has 0 radical (unpaired) electrons. The van der Waals surface area contributed by atoms with Gasteiger partial charge >= 0.3 is 0 Å². The number of thioether (sulfide) groups is 1. The van der Waals surface area contributed by atoms with Crippen LogP contribution in [0.3, 0.4) is 0 Å². The molecule has 2 rings (SSSR count). The molecule has 1 atom stereocenters. The molecule has 1 unspecified atom stereocenters. The summed E-state index contributed by atoms with van der Waals surface area (Å²) in [6.45, 7) is 6.28. The van der Waals surface area contributed by atoms with Crippen LogP contribution in [-0.4, -0.2) is 41.1 Å². The summed E-state index contributed by atoms with van der Waals surface area (Å²) in [5, 5.41) is 6.46. The van der Waals surface area contributed by atoms with Gasteiger partial charge < -0.3 is 15.2 Å². The number of hydrogen-bond donors (Lipinski definition) is 2. The van der Waals surface area contributed by atoms with Crippen LogP contribution in [0.15, 0.2) is 18.3 Å². The average molecular weight is 295 g/mol. The highest BCUT2D eigenvalue weighted by atomic mass is 32.2. The van der Waals surface area contributed by atoms with E-state index in [-0.39, 0.29) is 11.9 Å². The second kappa shape index (κ2) is 7.74. The van der Waals surface area contributed by atoms with Gasteiger partial charge in [0.25, 0.3) is 5.91 Å². The van der Waals surface area contributed by atoms with Crippen LogP contribution in [0.25, 0.3) is 0 Å². The summed E-state index contributed by atoms with van der Waals surface area (Å²) in [5.41, 5.74) is 0.797. The molecule has 1 fully saturated rings. The molecule has 20 heavy (non-hydrogen) atoms. The molecule has 1 saturated heterocycles. The van der Waals surface area contributed by atoms with Gasteiger partial charge in [-0.1, -0.05) is 6.92 Å². The van der Waals surface area contributed by atoms with Gasteiger partial charge in [-0.3, -0.25) is 4.79 Å². The molecule has 0 bridgehead atoms. The topological polar surface area (TPSA) is 46.1 Å². The fourth-order valence-corrected chi connectivity index (χ4v) is 3.30. The standard InChI is InChI=1S/C15H25N3OS/c1-3-20-11-12(2)17-15(19)14-5-4-10-18(14)13-6-8-16-9-7-13/h4-5,10,12-13,16H,3,6-9,11H2,1-2H3,(H,17,19). The van der Waals surface area contributed by atoms with Gasteiger partial charge in [-0.05, 0) is 50.7 Å². The van der Waals surface area contributed by atoms with Gasteiger partial charge in [-0.2, -0.15) is 11.8 Å². The van der Waals surface area contributed by atoms with Gasteiger partial charge in [0.15, 0.2) is 0 Å². The van der Waals surface area contributed by atoms with E-state index in [4.69, 9.17) is 0 Å². The van der Waals surface area contributed by atoms with Crippen molar-refractivity contribution in [2.45, 2.75) is 38.8 Å². The predicted molar refractivity (Wildman–Crippen MR) is 85.5 cm³/mol. The lowest BCUT2D eigenvalue weighted by molar-refractivity contribution is 0.0931. The zero-order valence-corrected chi connectivity index (χ0v) is 13.2. The highest BCUT2D eigenvalue weighted by Crippen LogP contribution is 2.21. The van der Waals surface area contributed by atoms with Crippen LogP contribution in [0.2, 0.25) is 0 Å². The number of nitrogens with zero attached hydrogens (tertiary/aromatic N) is 1. The lowest BCUT2D eigenvalue weighted by Gasteiger charge is -2.26. The highest BCUT2D eigenvalue weighted by molar-refractivity contribution is 7.99. The van der Waals surface area contributed by atoms with E-state index < -0.39 is 0 Å². The van der Waals surface area contributed by atoms with Crippen molar-refractivity contribution in [3.05, 3.63) is 24.0 Å². The minimum atomic E-state index is 0.0535. The largest absolute Gasteiger partial charge is 0.347 e. The van der Waals surface area contributed by atoms with Crippen LogP contribution in [0.5, 0.6) is 0 Å². The lowest BCUT2D eigenvalue weighted by atomic mass is 10.1. The Labute approximate surface area is 125 Å². The van der Waals surface area contributed by atoms with Gasteiger partial charge in [-0.15, -0.1) is 0 Å². The predicted octanol–water partition coefficient (Wildman–Crippen LogP) is 2.28. The molecule has 0 aromatic carbocycles. The molecule has 2 N–H and O–H groups in total. The van der Waals surface area contributed by atoms with Crippen molar-refractivity contribution in [3.63, 3.8) is 0 Å². The highest BCUT2D eigenvalue weighted by Gasteiger charge is 2.20. The minimum absolute atomic E-state index is 0.0535. The van der Waals surface area contributed by atoms with E-state index in [1.165, 1.54) is 0 Å². The summed E-state index contributed by atoms with van der Waals surface area (Å²) >= 11 is 1.86. The quantitative estimate of drug-likeness (QED) is 0.846. The van der Waals surface area contributed by atoms with Crippen molar-refractivity contribution in [1.29, 1.82) is 0 Å². The zero-order valence-electron chi connectivity index (χ0n) is 12.4. The fraction of sp³-hybridized carbons (Fsp3) is 0.667. The molecular weight excluding hydrogens is 270 g/mol. The molecular formula is C15H25N3OS. The van der Waals surface area contributed by atoms with Crippen molar-refractivity contribution in [2.75, 3.05) is 24.6 Å². The average Bonchev–Trinajstić information content (AvgIpc) is 2.95. The van der Waals surface area contributed by atoms with E-state index in [1.54, 1.807) is 0 Å². The molecule has 1 aliphatic rings. The third-order valence-corrected chi connectivity index (χ3v) is 4.81. The normalized spacial score (nSPS) is 17.9. The summed E-state index contributed by atoms with van der Waals surface area (Å²) in [4.78, 5) is 12.4.